The van der Waals surface area contributed by atoms with Gasteiger partial charge >= 0.3 is 0 Å². The molecule has 3 N–H and O–H groups in total. The molecule has 1 heterocycles. The molecule has 3 nitrogen and oxygen atoms in total. The fraction of sp³-hybridized carbons (Fsp3) is 0.500. The lowest BCUT2D eigenvalue weighted by Crippen LogP contribution is -2.31. The van der Waals surface area contributed by atoms with Crippen molar-refractivity contribution in [2.24, 2.45) is 11.7 Å². The van der Waals surface area contributed by atoms with Crippen LogP contribution in [0.25, 0.3) is 0 Å². The second-order valence-corrected chi connectivity index (χ2v) is 5.83. The minimum atomic E-state index is -0.672. The van der Waals surface area contributed by atoms with E-state index in [1.54, 1.807) is 0 Å². The normalized spacial score (nSPS) is 25.7. The predicted molar refractivity (Wildman–Crippen MR) is 76.7 cm³/mol. The van der Waals surface area contributed by atoms with Gasteiger partial charge in [-0.05, 0) is 37.3 Å². The molecule has 0 radical (unpaired) electrons. The molecular formula is C14H16F2N2OS. The maximum Gasteiger partial charge on any atom is 0.150 e. The topological polar surface area (TPSA) is 47.3 Å². The molecule has 2 aliphatic rings. The number of anilines is 1. The van der Waals surface area contributed by atoms with E-state index in [0.29, 0.717) is 12.5 Å². The number of hydrogen-bond acceptors (Lipinski definition) is 3. The Balaban J connectivity index is 1.81. The Morgan fingerprint density at radius 1 is 1.25 bits per heavy atom. The Bertz CT molecular complexity index is 525. The highest BCUT2D eigenvalue weighted by atomic mass is 32.1. The zero-order valence-electron chi connectivity index (χ0n) is 10.9. The molecule has 6 heteroatoms. The largest absolute Gasteiger partial charge is 0.389 e. The van der Waals surface area contributed by atoms with E-state index in [2.05, 4.69) is 5.32 Å². The van der Waals surface area contributed by atoms with Crippen molar-refractivity contribution in [1.82, 2.24) is 0 Å². The van der Waals surface area contributed by atoms with Crippen LogP contribution in [0.3, 0.4) is 0 Å². The summed E-state index contributed by atoms with van der Waals surface area (Å²) >= 11 is 4.73. The van der Waals surface area contributed by atoms with Gasteiger partial charge in [-0.15, -0.1) is 0 Å². The van der Waals surface area contributed by atoms with Gasteiger partial charge in [0, 0.05) is 12.2 Å². The van der Waals surface area contributed by atoms with E-state index in [4.69, 9.17) is 22.7 Å². The monoisotopic (exact) mass is 298 g/mol. The lowest BCUT2D eigenvalue weighted by molar-refractivity contribution is 0.0897. The third kappa shape index (κ3) is 2.62. The molecular weight excluding hydrogens is 282 g/mol. The molecule has 1 aliphatic heterocycles. The van der Waals surface area contributed by atoms with Crippen LogP contribution in [0.5, 0.6) is 0 Å². The zero-order chi connectivity index (χ0) is 14.3. The van der Waals surface area contributed by atoms with Crippen LogP contribution in [0.2, 0.25) is 0 Å². The first-order valence-electron chi connectivity index (χ1n) is 6.73. The molecule has 2 fully saturated rings. The molecule has 0 spiro atoms. The molecule has 2 unspecified atom stereocenters. The van der Waals surface area contributed by atoms with Gasteiger partial charge in [-0.2, -0.15) is 0 Å². The van der Waals surface area contributed by atoms with Gasteiger partial charge in [-0.3, -0.25) is 0 Å². The summed E-state index contributed by atoms with van der Waals surface area (Å²) in [5, 5.41) is 2.96. The molecule has 1 aromatic rings. The van der Waals surface area contributed by atoms with Gasteiger partial charge in [0.05, 0.1) is 12.1 Å². The first-order valence-corrected chi connectivity index (χ1v) is 7.14. The minimum absolute atomic E-state index is 0.0191. The molecule has 0 amide bonds. The maximum absolute atomic E-state index is 14.0. The Morgan fingerprint density at radius 2 is 1.90 bits per heavy atom. The Morgan fingerprint density at radius 3 is 2.45 bits per heavy atom. The fourth-order valence-electron chi connectivity index (χ4n) is 2.69. The second kappa shape index (κ2) is 5.26. The van der Waals surface area contributed by atoms with Crippen molar-refractivity contribution in [1.29, 1.82) is 0 Å². The average Bonchev–Trinajstić information content (AvgIpc) is 3.13. The van der Waals surface area contributed by atoms with Gasteiger partial charge < -0.3 is 15.8 Å². The Kier molecular flexibility index (Phi) is 3.60. The number of thiocarbonyl (C=S) groups is 1. The van der Waals surface area contributed by atoms with Gasteiger partial charge in [0.1, 0.15) is 22.3 Å². The van der Waals surface area contributed by atoms with Crippen molar-refractivity contribution in [3.8, 4) is 0 Å². The summed E-state index contributed by atoms with van der Waals surface area (Å²) < 4.78 is 33.7. The number of halogens is 2. The van der Waals surface area contributed by atoms with Gasteiger partial charge in [0.2, 0.25) is 0 Å². The molecule has 108 valence electrons. The van der Waals surface area contributed by atoms with E-state index >= 15 is 0 Å². The number of ether oxygens (including phenoxy) is 1. The average molecular weight is 298 g/mol. The quantitative estimate of drug-likeness (QED) is 0.839. The van der Waals surface area contributed by atoms with E-state index in [1.807, 2.05) is 0 Å². The molecule has 0 aromatic heterocycles. The number of hydrogen-bond donors (Lipinski definition) is 2. The lowest BCUT2D eigenvalue weighted by Gasteiger charge is -2.21. The number of nitrogens with two attached hydrogens (primary N) is 1. The molecule has 1 aromatic carbocycles. The molecule has 0 bridgehead atoms. The van der Waals surface area contributed by atoms with Crippen LogP contribution in [-0.4, -0.2) is 23.7 Å². The number of benzene rings is 1. The first-order chi connectivity index (χ1) is 9.56. The van der Waals surface area contributed by atoms with Gasteiger partial charge in [0.25, 0.3) is 0 Å². The van der Waals surface area contributed by atoms with Crippen molar-refractivity contribution in [2.75, 3.05) is 11.9 Å². The summed E-state index contributed by atoms with van der Waals surface area (Å²) in [4.78, 5) is -0.0191. The summed E-state index contributed by atoms with van der Waals surface area (Å²) in [5.41, 5.74) is 5.47. The van der Waals surface area contributed by atoms with E-state index in [1.165, 1.54) is 0 Å². The predicted octanol–water partition coefficient (Wildman–Crippen LogP) is 2.58. The smallest absolute Gasteiger partial charge is 0.150 e. The van der Waals surface area contributed by atoms with Crippen LogP contribution in [0.15, 0.2) is 12.1 Å². The van der Waals surface area contributed by atoms with Crippen LogP contribution in [-0.2, 0) is 4.74 Å². The maximum atomic E-state index is 14.0. The summed E-state index contributed by atoms with van der Waals surface area (Å²) in [6, 6.07) is 2.29. The van der Waals surface area contributed by atoms with Crippen molar-refractivity contribution in [2.45, 2.75) is 31.4 Å². The van der Waals surface area contributed by atoms with Crippen molar-refractivity contribution in [3.63, 3.8) is 0 Å². The van der Waals surface area contributed by atoms with Crippen LogP contribution in [0.1, 0.15) is 24.8 Å². The minimum Gasteiger partial charge on any atom is -0.389 e. The van der Waals surface area contributed by atoms with E-state index < -0.39 is 11.6 Å². The highest BCUT2D eigenvalue weighted by molar-refractivity contribution is 7.80. The highest BCUT2D eigenvalue weighted by Gasteiger charge is 2.41. The summed E-state index contributed by atoms with van der Waals surface area (Å²) in [6.07, 6.45) is 3.09. The van der Waals surface area contributed by atoms with Crippen molar-refractivity contribution >= 4 is 22.9 Å². The van der Waals surface area contributed by atoms with Gasteiger partial charge in [-0.1, -0.05) is 12.2 Å². The first kappa shape index (κ1) is 13.7. The fourth-order valence-corrected chi connectivity index (χ4v) is 2.81. The van der Waals surface area contributed by atoms with Gasteiger partial charge in [-0.25, -0.2) is 8.78 Å². The van der Waals surface area contributed by atoms with E-state index in [0.717, 1.165) is 31.4 Å². The van der Waals surface area contributed by atoms with Crippen LogP contribution < -0.4 is 11.1 Å². The standard InChI is InChI=1S/C14H16F2N2OS/c15-9-5-8(14(17)20)6-10(16)12(9)18-11-3-4-19-13(11)7-1-2-7/h5-7,11,13,18H,1-4H2,(H2,17,20). The number of rotatable bonds is 4. The molecule has 1 aliphatic carbocycles. The van der Waals surface area contributed by atoms with Crippen molar-refractivity contribution < 1.29 is 13.5 Å². The third-order valence-corrected chi connectivity index (χ3v) is 4.11. The molecule has 3 rings (SSSR count). The number of nitrogens with one attached hydrogen (secondary N) is 1. The van der Waals surface area contributed by atoms with Crippen LogP contribution in [0.4, 0.5) is 14.5 Å². The molecule has 1 saturated carbocycles. The highest BCUT2D eigenvalue weighted by Crippen LogP contribution is 2.40. The lowest BCUT2D eigenvalue weighted by atomic mass is 10.1. The molecule has 1 saturated heterocycles. The van der Waals surface area contributed by atoms with Crippen molar-refractivity contribution in [3.05, 3.63) is 29.3 Å². The van der Waals surface area contributed by atoms with E-state index in [-0.39, 0.29) is 28.4 Å². The summed E-state index contributed by atoms with van der Waals surface area (Å²) in [5.74, 6) is -0.819. The summed E-state index contributed by atoms with van der Waals surface area (Å²) in [7, 11) is 0. The van der Waals surface area contributed by atoms with E-state index in [9.17, 15) is 8.78 Å². The summed E-state index contributed by atoms with van der Waals surface area (Å²) in [6.45, 7) is 0.632. The van der Waals surface area contributed by atoms with Gasteiger partial charge in [0.15, 0.2) is 0 Å². The Hall–Kier alpha value is -1.27. The Labute approximate surface area is 121 Å². The third-order valence-electron chi connectivity index (χ3n) is 3.88. The second-order valence-electron chi connectivity index (χ2n) is 5.39. The van der Waals surface area contributed by atoms with Crippen LogP contribution in [0, 0.1) is 17.6 Å². The molecule has 20 heavy (non-hydrogen) atoms. The zero-order valence-corrected chi connectivity index (χ0v) is 11.7. The van der Waals surface area contributed by atoms with Crippen LogP contribution >= 0.6 is 12.2 Å². The molecule has 2 atom stereocenters. The SMILES string of the molecule is NC(=S)c1cc(F)c(NC2CCOC2C2CC2)c(F)c1.